The fourth-order valence-electron chi connectivity index (χ4n) is 5.39. The van der Waals surface area contributed by atoms with Crippen molar-refractivity contribution in [1.29, 1.82) is 0 Å². The van der Waals surface area contributed by atoms with Crippen LogP contribution in [0.3, 0.4) is 0 Å². The summed E-state index contributed by atoms with van der Waals surface area (Å²) < 4.78 is 0. The van der Waals surface area contributed by atoms with Gasteiger partial charge in [-0.15, -0.1) is 0 Å². The van der Waals surface area contributed by atoms with Crippen LogP contribution in [0.5, 0.6) is 0 Å². The first-order valence-corrected chi connectivity index (χ1v) is 14.9. The predicted octanol–water partition coefficient (Wildman–Crippen LogP) is 9.47. The van der Waals surface area contributed by atoms with Crippen LogP contribution < -0.4 is 11.1 Å². The van der Waals surface area contributed by atoms with Gasteiger partial charge in [0, 0.05) is 23.2 Å². The van der Waals surface area contributed by atoms with Gasteiger partial charge in [0.05, 0.1) is 6.17 Å². The number of aliphatic imine (C=N–C) groups is 1. The van der Waals surface area contributed by atoms with E-state index in [1.807, 2.05) is 55.7 Å². The maximum Gasteiger partial charge on any atom is 0.129 e. The molecule has 0 aromatic heterocycles. The molecular weight excluding hydrogens is 536 g/mol. The molecule has 4 nitrogen and oxygen atoms in total. The molecule has 216 valence electrons. The third kappa shape index (κ3) is 6.84. The number of nitrogens with two attached hydrogens (primary N) is 1. The zero-order valence-corrected chi connectivity index (χ0v) is 24.8. The first-order valence-electron chi connectivity index (χ1n) is 14.9. The molecular formula is C40H36N4. The van der Waals surface area contributed by atoms with Gasteiger partial charge < -0.3 is 11.1 Å². The molecule has 0 aliphatic rings. The van der Waals surface area contributed by atoms with Crippen molar-refractivity contribution in [3.8, 4) is 22.3 Å². The lowest BCUT2D eigenvalue weighted by molar-refractivity contribution is 0.183. The highest BCUT2D eigenvalue weighted by molar-refractivity contribution is 5.83. The predicted molar refractivity (Wildman–Crippen MR) is 185 cm³/mol. The van der Waals surface area contributed by atoms with E-state index in [0.29, 0.717) is 0 Å². The van der Waals surface area contributed by atoms with Gasteiger partial charge in [-0.1, -0.05) is 140 Å². The van der Waals surface area contributed by atoms with Crippen LogP contribution in [-0.4, -0.2) is 18.2 Å². The van der Waals surface area contributed by atoms with Crippen molar-refractivity contribution < 1.29 is 0 Å². The molecule has 0 amide bonds. The second kappa shape index (κ2) is 13.8. The number of hydrogen-bond donors (Lipinski definition) is 2. The Morgan fingerprint density at radius 1 is 0.591 bits per heavy atom. The highest BCUT2D eigenvalue weighted by Crippen LogP contribution is 2.34. The second-order valence-electron chi connectivity index (χ2n) is 10.8. The fraction of sp³-hybridized carbons (Fsp3) is 0.0750. The largest absolute Gasteiger partial charge is 0.355 e. The van der Waals surface area contributed by atoms with Crippen LogP contribution in [0.4, 0.5) is 11.4 Å². The van der Waals surface area contributed by atoms with E-state index >= 15 is 0 Å². The van der Waals surface area contributed by atoms with Crippen LogP contribution in [0.25, 0.3) is 22.3 Å². The van der Waals surface area contributed by atoms with Crippen molar-refractivity contribution in [3.05, 3.63) is 180 Å². The Kier molecular flexibility index (Phi) is 9.03. The van der Waals surface area contributed by atoms with Gasteiger partial charge in [0.2, 0.25) is 0 Å². The molecule has 6 aromatic rings. The number of nitrogens with one attached hydrogen (secondary N) is 1. The first kappa shape index (κ1) is 28.8. The molecule has 3 N–H and O–H groups in total. The lowest BCUT2D eigenvalue weighted by atomic mass is 9.98. The third-order valence-electron chi connectivity index (χ3n) is 7.83. The molecule has 0 saturated carbocycles. The molecule has 0 fully saturated rings. The van der Waals surface area contributed by atoms with Crippen LogP contribution in [0.15, 0.2) is 169 Å². The zero-order chi connectivity index (χ0) is 30.1. The fourth-order valence-corrected chi connectivity index (χ4v) is 5.39. The summed E-state index contributed by atoms with van der Waals surface area (Å²) in [4.78, 5) is 7.12. The van der Waals surface area contributed by atoms with E-state index in [1.165, 1.54) is 11.1 Å². The van der Waals surface area contributed by atoms with E-state index in [1.54, 1.807) is 0 Å². The second-order valence-corrected chi connectivity index (χ2v) is 10.8. The Morgan fingerprint density at radius 2 is 1.18 bits per heavy atom. The first-order chi connectivity index (χ1) is 21.7. The van der Waals surface area contributed by atoms with Gasteiger partial charge in [-0.05, 0) is 64.7 Å². The van der Waals surface area contributed by atoms with Gasteiger partial charge >= 0.3 is 0 Å². The van der Waals surface area contributed by atoms with Crippen molar-refractivity contribution in [2.45, 2.75) is 12.3 Å². The molecule has 0 spiro atoms. The molecule has 0 aliphatic carbocycles. The van der Waals surface area contributed by atoms with Gasteiger partial charge in [-0.2, -0.15) is 0 Å². The average molecular weight is 573 g/mol. The standard InChI is InChI=1S/C40H36N4/c1-44(39(41)32-18-9-4-10-19-32)40(42-29-30-14-5-2-6-15-30)33-24-26-36(27-25-33)43-38-23-12-11-22-37(38)35-21-13-20-34(28-35)31-16-7-3-8-17-31/h2-29,39-40,43H,41H2,1H3/b42-29+. The lowest BCUT2D eigenvalue weighted by Gasteiger charge is -2.31. The maximum absolute atomic E-state index is 6.74. The summed E-state index contributed by atoms with van der Waals surface area (Å²) in [6.07, 6.45) is 1.34. The smallest absolute Gasteiger partial charge is 0.129 e. The molecule has 0 aliphatic heterocycles. The molecule has 4 heteroatoms. The Balaban J connectivity index is 1.27. The Bertz CT molecular complexity index is 1800. The summed E-state index contributed by atoms with van der Waals surface area (Å²) in [6.45, 7) is 0. The molecule has 0 radical (unpaired) electrons. The Labute approximate surface area is 260 Å². The minimum Gasteiger partial charge on any atom is -0.355 e. The molecule has 44 heavy (non-hydrogen) atoms. The summed E-state index contributed by atoms with van der Waals surface area (Å²) >= 11 is 0. The number of nitrogens with zero attached hydrogens (tertiary/aromatic N) is 2. The van der Waals surface area contributed by atoms with Crippen LogP contribution in [-0.2, 0) is 0 Å². The number of anilines is 2. The molecule has 2 unspecified atom stereocenters. The van der Waals surface area contributed by atoms with Crippen LogP contribution >= 0.6 is 0 Å². The summed E-state index contributed by atoms with van der Waals surface area (Å²) in [5.41, 5.74) is 16.6. The van der Waals surface area contributed by atoms with Gasteiger partial charge in [0.15, 0.2) is 0 Å². The van der Waals surface area contributed by atoms with Gasteiger partial charge in [-0.3, -0.25) is 9.89 Å². The minimum absolute atomic E-state index is 0.271. The van der Waals surface area contributed by atoms with Crippen LogP contribution in [0, 0.1) is 0 Å². The van der Waals surface area contributed by atoms with Crippen LogP contribution in [0.1, 0.15) is 29.0 Å². The highest BCUT2D eigenvalue weighted by Gasteiger charge is 2.22. The van der Waals surface area contributed by atoms with Crippen molar-refractivity contribution in [1.82, 2.24) is 4.90 Å². The third-order valence-corrected chi connectivity index (χ3v) is 7.83. The molecule has 0 bridgehead atoms. The summed E-state index contributed by atoms with van der Waals surface area (Å²) in [7, 11) is 2.02. The highest BCUT2D eigenvalue weighted by atomic mass is 15.3. The Hall–Kier alpha value is -5.29. The zero-order valence-electron chi connectivity index (χ0n) is 24.8. The number of para-hydroxylation sites is 1. The normalized spacial score (nSPS) is 12.7. The summed E-state index contributed by atoms with van der Waals surface area (Å²) in [5, 5.41) is 3.66. The van der Waals surface area contributed by atoms with Gasteiger partial charge in [0.1, 0.15) is 6.17 Å². The summed E-state index contributed by atoms with van der Waals surface area (Å²) in [6, 6.07) is 56.4. The molecule has 6 aromatic carbocycles. The maximum atomic E-state index is 6.74. The Morgan fingerprint density at radius 3 is 1.91 bits per heavy atom. The number of benzene rings is 6. The van der Waals surface area contributed by atoms with E-state index in [0.717, 1.165) is 39.2 Å². The van der Waals surface area contributed by atoms with Gasteiger partial charge in [0.25, 0.3) is 0 Å². The molecule has 6 rings (SSSR count). The number of hydrogen-bond acceptors (Lipinski definition) is 4. The molecule has 0 saturated heterocycles. The van der Waals surface area contributed by atoms with E-state index in [2.05, 4.69) is 132 Å². The number of rotatable bonds is 10. The van der Waals surface area contributed by atoms with E-state index in [-0.39, 0.29) is 12.3 Å². The quantitative estimate of drug-likeness (QED) is 0.127. The van der Waals surface area contributed by atoms with Crippen molar-refractivity contribution in [2.24, 2.45) is 10.7 Å². The van der Waals surface area contributed by atoms with Crippen LogP contribution in [0.2, 0.25) is 0 Å². The van der Waals surface area contributed by atoms with Crippen molar-refractivity contribution in [2.75, 3.05) is 12.4 Å². The monoisotopic (exact) mass is 572 g/mol. The lowest BCUT2D eigenvalue weighted by Crippen LogP contribution is -2.34. The van der Waals surface area contributed by atoms with Crippen molar-refractivity contribution >= 4 is 17.6 Å². The van der Waals surface area contributed by atoms with Crippen molar-refractivity contribution in [3.63, 3.8) is 0 Å². The van der Waals surface area contributed by atoms with Gasteiger partial charge in [-0.25, -0.2) is 0 Å². The SMILES string of the molecule is CN(C(N)c1ccccc1)C(/N=C/c1ccccc1)c1ccc(Nc2ccccc2-c2cccc(-c3ccccc3)c2)cc1. The summed E-state index contributed by atoms with van der Waals surface area (Å²) in [5.74, 6) is 0. The van der Waals surface area contributed by atoms with E-state index in [4.69, 9.17) is 10.7 Å². The average Bonchev–Trinajstić information content (AvgIpc) is 3.10. The molecule has 0 heterocycles. The van der Waals surface area contributed by atoms with E-state index in [9.17, 15) is 0 Å². The van der Waals surface area contributed by atoms with E-state index < -0.39 is 0 Å². The molecule has 2 atom stereocenters. The minimum atomic E-state index is -0.314. The topological polar surface area (TPSA) is 53.6 Å².